The van der Waals surface area contributed by atoms with Crippen LogP contribution in [0.4, 0.5) is 0 Å². The van der Waals surface area contributed by atoms with E-state index in [2.05, 4.69) is 18.4 Å². The monoisotopic (exact) mass is 262 g/mol. The van der Waals surface area contributed by atoms with Crippen molar-refractivity contribution in [2.45, 2.75) is 33.3 Å². The van der Waals surface area contributed by atoms with Gasteiger partial charge in [-0.25, -0.2) is 4.57 Å². The minimum atomic E-state index is -4.41. The summed E-state index contributed by atoms with van der Waals surface area (Å²) in [5.74, 6) is 0.0972. The molecule has 0 atom stereocenters. The van der Waals surface area contributed by atoms with Gasteiger partial charge in [0.05, 0.1) is 6.61 Å². The van der Waals surface area contributed by atoms with E-state index in [-0.39, 0.29) is 12.4 Å². The zero-order chi connectivity index (χ0) is 13.3. The highest BCUT2D eigenvalue weighted by Crippen LogP contribution is 2.36. The van der Waals surface area contributed by atoms with Gasteiger partial charge in [-0.2, -0.15) is 0 Å². The number of benzene rings is 1. The summed E-state index contributed by atoms with van der Waals surface area (Å²) in [5.41, 5.74) is 0.584. The maximum absolute atomic E-state index is 10.3. The first kappa shape index (κ1) is 16.1. The van der Waals surface area contributed by atoms with Gasteiger partial charge in [0.2, 0.25) is 0 Å². The van der Waals surface area contributed by atoms with Gasteiger partial charge in [0.15, 0.2) is 0 Å². The van der Waals surface area contributed by atoms with Gasteiger partial charge in [-0.1, -0.05) is 38.8 Å². The van der Waals surface area contributed by atoms with Crippen LogP contribution in [0.25, 0.3) is 0 Å². The maximum Gasteiger partial charge on any atom is 0.469 e. The quantitative estimate of drug-likeness (QED) is 0.726. The van der Waals surface area contributed by atoms with Gasteiger partial charge in [-0.05, 0) is 17.7 Å². The van der Waals surface area contributed by atoms with Crippen LogP contribution in [0, 0.1) is 0 Å². The molecule has 1 aromatic carbocycles. The van der Waals surface area contributed by atoms with E-state index >= 15 is 0 Å². The van der Waals surface area contributed by atoms with Crippen molar-refractivity contribution in [2.75, 3.05) is 0 Å². The van der Waals surface area contributed by atoms with E-state index in [0.29, 0.717) is 5.56 Å². The van der Waals surface area contributed by atoms with Crippen molar-refractivity contribution in [3.8, 4) is 5.75 Å². The van der Waals surface area contributed by atoms with Crippen LogP contribution in [0.1, 0.15) is 32.3 Å². The lowest BCUT2D eigenvalue weighted by Crippen LogP contribution is -1.89. The van der Waals surface area contributed by atoms with Crippen LogP contribution in [0.2, 0.25) is 0 Å². The number of phenolic OH excluding ortho intramolecular Hbond substituents is 1. The van der Waals surface area contributed by atoms with Crippen molar-refractivity contribution in [1.82, 2.24) is 0 Å². The SMILES string of the molecule is CCCC.O=P(O)(O)OCc1ccc(O)cc1. The molecule has 0 saturated carbocycles. The van der Waals surface area contributed by atoms with Crippen molar-refractivity contribution in [3.05, 3.63) is 29.8 Å². The molecule has 1 rings (SSSR count). The van der Waals surface area contributed by atoms with Crippen molar-refractivity contribution < 1.29 is 24.0 Å². The molecule has 0 heterocycles. The van der Waals surface area contributed by atoms with Crippen molar-refractivity contribution in [2.24, 2.45) is 0 Å². The molecule has 0 amide bonds. The number of rotatable bonds is 4. The molecule has 6 heteroatoms. The zero-order valence-corrected chi connectivity index (χ0v) is 10.9. The highest BCUT2D eigenvalue weighted by molar-refractivity contribution is 7.46. The molecule has 3 N–H and O–H groups in total. The molecule has 0 saturated heterocycles. The summed E-state index contributed by atoms with van der Waals surface area (Å²) >= 11 is 0. The molecule has 5 nitrogen and oxygen atoms in total. The zero-order valence-electron chi connectivity index (χ0n) is 10.0. The van der Waals surface area contributed by atoms with Crippen molar-refractivity contribution in [1.29, 1.82) is 0 Å². The fourth-order valence-electron chi connectivity index (χ4n) is 0.751. The van der Waals surface area contributed by atoms with Gasteiger partial charge in [0, 0.05) is 0 Å². The van der Waals surface area contributed by atoms with E-state index in [9.17, 15) is 4.57 Å². The second-order valence-electron chi connectivity index (χ2n) is 3.43. The Balaban J connectivity index is 0.000000557. The van der Waals surface area contributed by atoms with E-state index < -0.39 is 7.82 Å². The average Bonchev–Trinajstić information content (AvgIpc) is 2.28. The standard InChI is InChI=1S/C7H9O5P.C4H10/c8-7-3-1-6(2-4-7)5-12-13(9,10)11;1-3-4-2/h1-4,8H,5H2,(H2,9,10,11);3-4H2,1-2H3. The fourth-order valence-corrected chi connectivity index (χ4v) is 1.07. The lowest BCUT2D eigenvalue weighted by molar-refractivity contribution is 0.189. The third-order valence-corrected chi connectivity index (χ3v) is 2.30. The number of hydrogen-bond acceptors (Lipinski definition) is 3. The molecule has 0 bridgehead atoms. The topological polar surface area (TPSA) is 87.0 Å². The van der Waals surface area contributed by atoms with Gasteiger partial charge < -0.3 is 14.9 Å². The molecule has 0 fully saturated rings. The van der Waals surface area contributed by atoms with Gasteiger partial charge in [-0.15, -0.1) is 0 Å². The minimum Gasteiger partial charge on any atom is -0.508 e. The third kappa shape index (κ3) is 10.0. The van der Waals surface area contributed by atoms with E-state index in [0.717, 1.165) is 0 Å². The van der Waals surface area contributed by atoms with E-state index in [4.69, 9.17) is 14.9 Å². The molecule has 1 aromatic rings. The molecule has 0 unspecified atom stereocenters. The average molecular weight is 262 g/mol. The number of phosphoric ester groups is 1. The van der Waals surface area contributed by atoms with Crippen LogP contribution in [0.3, 0.4) is 0 Å². The van der Waals surface area contributed by atoms with Gasteiger partial charge in [0.25, 0.3) is 0 Å². The summed E-state index contributed by atoms with van der Waals surface area (Å²) in [6, 6.07) is 5.87. The van der Waals surface area contributed by atoms with Gasteiger partial charge >= 0.3 is 7.82 Å². The van der Waals surface area contributed by atoms with Crippen LogP contribution < -0.4 is 0 Å². The molecule has 0 aliphatic rings. The lowest BCUT2D eigenvalue weighted by Gasteiger charge is -2.04. The smallest absolute Gasteiger partial charge is 0.469 e. The summed E-state index contributed by atoms with van der Waals surface area (Å²) in [6.07, 6.45) is 2.64. The fraction of sp³-hybridized carbons (Fsp3) is 0.455. The number of unbranched alkanes of at least 4 members (excludes halogenated alkanes) is 1. The highest BCUT2D eigenvalue weighted by atomic mass is 31.2. The predicted octanol–water partition coefficient (Wildman–Crippen LogP) is 2.81. The Hall–Kier alpha value is -0.870. The summed E-state index contributed by atoms with van der Waals surface area (Å²) in [6.45, 7) is 4.19. The first-order chi connectivity index (χ1) is 7.89. The Kier molecular flexibility index (Phi) is 7.83. The number of hydrogen-bond donors (Lipinski definition) is 3. The van der Waals surface area contributed by atoms with Crippen LogP contribution in [-0.2, 0) is 15.7 Å². The molecule has 0 aliphatic heterocycles. The number of aromatic hydroxyl groups is 1. The molecular formula is C11H19O5P. The summed E-state index contributed by atoms with van der Waals surface area (Å²) in [4.78, 5) is 16.7. The molecular weight excluding hydrogens is 243 g/mol. The maximum atomic E-state index is 10.3. The predicted molar refractivity (Wildman–Crippen MR) is 65.5 cm³/mol. The van der Waals surface area contributed by atoms with E-state index in [1.165, 1.54) is 37.1 Å². The summed E-state index contributed by atoms with van der Waals surface area (Å²) < 4.78 is 14.5. The number of phosphoric acid groups is 1. The minimum absolute atomic E-state index is 0.0972. The molecule has 0 aliphatic carbocycles. The summed E-state index contributed by atoms with van der Waals surface area (Å²) in [7, 11) is -4.41. The summed E-state index contributed by atoms with van der Waals surface area (Å²) in [5, 5.41) is 8.89. The van der Waals surface area contributed by atoms with Gasteiger partial charge in [-0.3, -0.25) is 4.52 Å². The second-order valence-corrected chi connectivity index (χ2v) is 4.67. The first-order valence-electron chi connectivity index (χ1n) is 5.37. The van der Waals surface area contributed by atoms with Crippen LogP contribution >= 0.6 is 7.82 Å². The number of phenols is 1. The lowest BCUT2D eigenvalue weighted by atomic mass is 10.2. The Labute approximate surface area is 101 Å². The van der Waals surface area contributed by atoms with Crippen molar-refractivity contribution in [3.63, 3.8) is 0 Å². The molecule has 98 valence electrons. The van der Waals surface area contributed by atoms with Crippen LogP contribution in [-0.4, -0.2) is 14.9 Å². The molecule has 0 aromatic heterocycles. The Bertz CT molecular complexity index is 341. The second kappa shape index (κ2) is 8.25. The highest BCUT2D eigenvalue weighted by Gasteiger charge is 2.13. The normalized spacial score (nSPS) is 10.6. The Morgan fingerprint density at radius 1 is 1.12 bits per heavy atom. The van der Waals surface area contributed by atoms with Crippen LogP contribution in [0.15, 0.2) is 24.3 Å². The first-order valence-corrected chi connectivity index (χ1v) is 6.90. The van der Waals surface area contributed by atoms with Crippen molar-refractivity contribution >= 4 is 7.82 Å². The van der Waals surface area contributed by atoms with E-state index in [1.54, 1.807) is 0 Å². The van der Waals surface area contributed by atoms with E-state index in [1.807, 2.05) is 0 Å². The molecule has 0 radical (unpaired) electrons. The largest absolute Gasteiger partial charge is 0.508 e. The van der Waals surface area contributed by atoms with Gasteiger partial charge in [0.1, 0.15) is 5.75 Å². The molecule has 0 spiro atoms. The molecule has 17 heavy (non-hydrogen) atoms. The third-order valence-electron chi connectivity index (χ3n) is 1.84. The van der Waals surface area contributed by atoms with Crippen LogP contribution in [0.5, 0.6) is 5.75 Å². The Morgan fingerprint density at radius 2 is 1.59 bits per heavy atom. The Morgan fingerprint density at radius 3 is 1.94 bits per heavy atom.